The zero-order chi connectivity index (χ0) is 16.1. The molecule has 1 N–H and O–H groups in total. The lowest BCUT2D eigenvalue weighted by atomic mass is 9.96. The van der Waals surface area contributed by atoms with Gasteiger partial charge in [-0.05, 0) is 43.6 Å². The lowest BCUT2D eigenvalue weighted by Crippen LogP contribution is -2.47. The minimum atomic E-state index is -0.0766. The van der Waals surface area contributed by atoms with Crippen LogP contribution in [0.4, 0.5) is 0 Å². The molecule has 5 heteroatoms. The fourth-order valence-corrected chi connectivity index (χ4v) is 3.75. The molecule has 1 aromatic rings. The topological polar surface area (TPSA) is 49.4 Å². The van der Waals surface area contributed by atoms with Crippen molar-refractivity contribution in [2.24, 2.45) is 11.8 Å². The van der Waals surface area contributed by atoms with Crippen LogP contribution in [-0.4, -0.2) is 35.8 Å². The van der Waals surface area contributed by atoms with Gasteiger partial charge in [-0.1, -0.05) is 19.9 Å². The fraction of sp³-hybridized carbons (Fsp3) is 0.647. The maximum atomic E-state index is 12.4. The molecular formula is C17H26N2O2S. The van der Waals surface area contributed by atoms with Gasteiger partial charge in [-0.3, -0.25) is 9.59 Å². The van der Waals surface area contributed by atoms with Gasteiger partial charge in [0.15, 0.2) is 0 Å². The normalized spacial score (nSPS) is 20.0. The summed E-state index contributed by atoms with van der Waals surface area (Å²) in [5, 5.41) is 5.01. The van der Waals surface area contributed by atoms with E-state index in [0.717, 1.165) is 30.7 Å². The van der Waals surface area contributed by atoms with E-state index < -0.39 is 0 Å². The van der Waals surface area contributed by atoms with E-state index >= 15 is 0 Å². The monoisotopic (exact) mass is 322 g/mol. The molecule has 0 aromatic carbocycles. The number of nitrogens with one attached hydrogen (secondary N) is 1. The van der Waals surface area contributed by atoms with Crippen LogP contribution in [0.5, 0.6) is 0 Å². The van der Waals surface area contributed by atoms with Gasteiger partial charge in [0, 0.05) is 19.1 Å². The SMILES string of the molecule is CC(C)C[C@H](C)NC(=O)[C@H]1CCCN(C(=O)c2cccs2)C1. The molecule has 0 spiro atoms. The highest BCUT2D eigenvalue weighted by Gasteiger charge is 2.29. The first-order valence-electron chi connectivity index (χ1n) is 8.10. The molecule has 0 unspecified atom stereocenters. The first-order valence-corrected chi connectivity index (χ1v) is 8.98. The van der Waals surface area contributed by atoms with E-state index in [0.29, 0.717) is 12.5 Å². The smallest absolute Gasteiger partial charge is 0.263 e. The number of likely N-dealkylation sites (tertiary alicyclic amines) is 1. The minimum Gasteiger partial charge on any atom is -0.353 e. The first kappa shape index (κ1) is 17.0. The van der Waals surface area contributed by atoms with E-state index in [4.69, 9.17) is 0 Å². The molecule has 2 atom stereocenters. The second-order valence-corrected chi connectivity index (χ2v) is 7.55. The predicted molar refractivity (Wildman–Crippen MR) is 90.0 cm³/mol. The Labute approximate surface area is 136 Å². The molecule has 22 heavy (non-hydrogen) atoms. The van der Waals surface area contributed by atoms with Crippen LogP contribution in [0.3, 0.4) is 0 Å². The van der Waals surface area contributed by atoms with Crippen molar-refractivity contribution in [3.8, 4) is 0 Å². The van der Waals surface area contributed by atoms with Crippen LogP contribution in [0, 0.1) is 11.8 Å². The van der Waals surface area contributed by atoms with Crippen molar-refractivity contribution >= 4 is 23.2 Å². The molecule has 1 saturated heterocycles. The van der Waals surface area contributed by atoms with Gasteiger partial charge in [0.05, 0.1) is 10.8 Å². The van der Waals surface area contributed by atoms with Crippen molar-refractivity contribution in [1.29, 1.82) is 0 Å². The van der Waals surface area contributed by atoms with E-state index in [9.17, 15) is 9.59 Å². The number of nitrogens with zero attached hydrogens (tertiary/aromatic N) is 1. The van der Waals surface area contributed by atoms with Gasteiger partial charge in [-0.2, -0.15) is 0 Å². The van der Waals surface area contributed by atoms with E-state index in [2.05, 4.69) is 26.1 Å². The highest BCUT2D eigenvalue weighted by molar-refractivity contribution is 7.12. The summed E-state index contributed by atoms with van der Waals surface area (Å²) in [7, 11) is 0. The Bertz CT molecular complexity index is 499. The summed E-state index contributed by atoms with van der Waals surface area (Å²) in [4.78, 5) is 27.4. The van der Waals surface area contributed by atoms with Gasteiger partial charge in [-0.25, -0.2) is 0 Å². The van der Waals surface area contributed by atoms with E-state index in [1.165, 1.54) is 11.3 Å². The van der Waals surface area contributed by atoms with Crippen molar-refractivity contribution in [2.45, 2.75) is 46.1 Å². The summed E-state index contributed by atoms with van der Waals surface area (Å²) in [6.45, 7) is 7.66. The Morgan fingerprint density at radius 3 is 2.82 bits per heavy atom. The third kappa shape index (κ3) is 4.57. The molecule has 0 bridgehead atoms. The summed E-state index contributed by atoms with van der Waals surface area (Å²) in [6, 6.07) is 3.93. The van der Waals surface area contributed by atoms with Crippen LogP contribution in [0.15, 0.2) is 17.5 Å². The number of thiophene rings is 1. The Morgan fingerprint density at radius 1 is 1.41 bits per heavy atom. The lowest BCUT2D eigenvalue weighted by Gasteiger charge is -2.32. The molecule has 1 fully saturated rings. The minimum absolute atomic E-state index is 0.0581. The van der Waals surface area contributed by atoms with Crippen LogP contribution in [-0.2, 0) is 4.79 Å². The number of piperidine rings is 1. The van der Waals surface area contributed by atoms with Gasteiger partial charge in [0.25, 0.3) is 5.91 Å². The van der Waals surface area contributed by atoms with Gasteiger partial charge in [0.1, 0.15) is 0 Å². The van der Waals surface area contributed by atoms with Gasteiger partial charge in [0.2, 0.25) is 5.91 Å². The summed E-state index contributed by atoms with van der Waals surface area (Å²) in [5.41, 5.74) is 0. The molecule has 0 aliphatic carbocycles. The molecule has 4 nitrogen and oxygen atoms in total. The molecule has 2 amide bonds. The Hall–Kier alpha value is -1.36. The summed E-state index contributed by atoms with van der Waals surface area (Å²) < 4.78 is 0. The third-order valence-corrected chi connectivity index (χ3v) is 4.88. The average Bonchev–Trinajstić information content (AvgIpc) is 2.99. The molecule has 1 aliphatic rings. The number of carbonyl (C=O) groups excluding carboxylic acids is 2. The van der Waals surface area contributed by atoms with E-state index in [1.54, 1.807) is 0 Å². The van der Waals surface area contributed by atoms with Crippen LogP contribution < -0.4 is 5.32 Å². The highest BCUT2D eigenvalue weighted by Crippen LogP contribution is 2.21. The van der Waals surface area contributed by atoms with Crippen LogP contribution in [0.25, 0.3) is 0 Å². The molecule has 1 aliphatic heterocycles. The standard InChI is InChI=1S/C17H26N2O2S/c1-12(2)10-13(3)18-16(20)14-6-4-8-19(11-14)17(21)15-7-5-9-22-15/h5,7,9,12-14H,4,6,8,10-11H2,1-3H3,(H,18,20)/t13-,14-/m0/s1. The maximum Gasteiger partial charge on any atom is 0.263 e. The molecule has 2 heterocycles. The van der Waals surface area contributed by atoms with Crippen LogP contribution in [0.2, 0.25) is 0 Å². The Balaban J connectivity index is 1.90. The van der Waals surface area contributed by atoms with Crippen LogP contribution >= 0.6 is 11.3 Å². The largest absolute Gasteiger partial charge is 0.353 e. The van der Waals surface area contributed by atoms with E-state index in [1.807, 2.05) is 22.4 Å². The van der Waals surface area contributed by atoms with Crippen molar-refractivity contribution in [3.63, 3.8) is 0 Å². The van der Waals surface area contributed by atoms with Crippen molar-refractivity contribution in [2.75, 3.05) is 13.1 Å². The lowest BCUT2D eigenvalue weighted by molar-refractivity contribution is -0.127. The van der Waals surface area contributed by atoms with Crippen molar-refractivity contribution in [3.05, 3.63) is 22.4 Å². The molecule has 1 aromatic heterocycles. The van der Waals surface area contributed by atoms with Gasteiger partial charge >= 0.3 is 0 Å². The zero-order valence-corrected chi connectivity index (χ0v) is 14.5. The number of hydrogen-bond donors (Lipinski definition) is 1. The van der Waals surface area contributed by atoms with Crippen molar-refractivity contribution < 1.29 is 9.59 Å². The second kappa shape index (κ2) is 7.77. The molecule has 0 saturated carbocycles. The van der Waals surface area contributed by atoms with Crippen molar-refractivity contribution in [1.82, 2.24) is 10.2 Å². The quantitative estimate of drug-likeness (QED) is 0.905. The summed E-state index contributed by atoms with van der Waals surface area (Å²) in [6.07, 6.45) is 2.75. The molecule has 2 rings (SSSR count). The van der Waals surface area contributed by atoms with E-state index in [-0.39, 0.29) is 23.8 Å². The number of rotatable bonds is 5. The number of amides is 2. The number of hydrogen-bond acceptors (Lipinski definition) is 3. The molecular weight excluding hydrogens is 296 g/mol. The average molecular weight is 322 g/mol. The van der Waals surface area contributed by atoms with Gasteiger partial charge in [-0.15, -0.1) is 11.3 Å². The fourth-order valence-electron chi connectivity index (χ4n) is 3.06. The molecule has 122 valence electrons. The third-order valence-electron chi connectivity index (χ3n) is 4.02. The summed E-state index contributed by atoms with van der Waals surface area (Å²) in [5.74, 6) is 0.644. The van der Waals surface area contributed by atoms with Gasteiger partial charge < -0.3 is 10.2 Å². The van der Waals surface area contributed by atoms with Crippen LogP contribution in [0.1, 0.15) is 49.7 Å². The summed E-state index contributed by atoms with van der Waals surface area (Å²) >= 11 is 1.46. The zero-order valence-electron chi connectivity index (χ0n) is 13.7. The first-order chi connectivity index (χ1) is 10.5. The predicted octanol–water partition coefficient (Wildman–Crippen LogP) is 3.15. The second-order valence-electron chi connectivity index (χ2n) is 6.61. The Morgan fingerprint density at radius 2 is 2.18 bits per heavy atom. The maximum absolute atomic E-state index is 12.4. The number of carbonyl (C=O) groups is 2. The molecule has 0 radical (unpaired) electrons. The Kier molecular flexibility index (Phi) is 6.00. The highest BCUT2D eigenvalue weighted by atomic mass is 32.1.